The SMILES string of the molecule is CCC1=NN=C(C2CCCC2)C1. The molecule has 0 spiro atoms. The van der Waals surface area contributed by atoms with E-state index in [1.165, 1.54) is 37.1 Å². The van der Waals surface area contributed by atoms with E-state index in [0.717, 1.165) is 18.8 Å². The molecule has 0 aromatic carbocycles. The average Bonchev–Trinajstić information content (AvgIpc) is 2.75. The van der Waals surface area contributed by atoms with Gasteiger partial charge in [-0.05, 0) is 25.2 Å². The minimum Gasteiger partial charge on any atom is -0.160 e. The largest absolute Gasteiger partial charge is 0.160 e. The molecule has 1 fully saturated rings. The second-order valence-corrected chi connectivity index (χ2v) is 3.77. The van der Waals surface area contributed by atoms with Crippen LogP contribution in [0.1, 0.15) is 45.4 Å². The molecule has 0 unspecified atom stereocenters. The second-order valence-electron chi connectivity index (χ2n) is 3.77. The van der Waals surface area contributed by atoms with E-state index in [2.05, 4.69) is 17.1 Å². The summed E-state index contributed by atoms with van der Waals surface area (Å²) in [7, 11) is 0. The molecule has 0 amide bonds. The Bertz CT molecular complexity index is 222. The van der Waals surface area contributed by atoms with Gasteiger partial charge < -0.3 is 0 Å². The summed E-state index contributed by atoms with van der Waals surface area (Å²) in [5.74, 6) is 0.776. The van der Waals surface area contributed by atoms with Crippen molar-refractivity contribution in [2.75, 3.05) is 0 Å². The highest BCUT2D eigenvalue weighted by Gasteiger charge is 2.23. The fraction of sp³-hybridized carbons (Fsp3) is 0.800. The van der Waals surface area contributed by atoms with E-state index in [0.29, 0.717) is 0 Å². The molecule has 1 heterocycles. The monoisotopic (exact) mass is 164 g/mol. The quantitative estimate of drug-likeness (QED) is 0.599. The zero-order valence-electron chi connectivity index (χ0n) is 7.71. The highest BCUT2D eigenvalue weighted by molar-refractivity contribution is 6.08. The molecule has 66 valence electrons. The smallest absolute Gasteiger partial charge is 0.0493 e. The van der Waals surface area contributed by atoms with Crippen molar-refractivity contribution in [3.63, 3.8) is 0 Å². The van der Waals surface area contributed by atoms with Gasteiger partial charge in [0.2, 0.25) is 0 Å². The zero-order chi connectivity index (χ0) is 8.39. The van der Waals surface area contributed by atoms with Crippen molar-refractivity contribution in [1.29, 1.82) is 0 Å². The van der Waals surface area contributed by atoms with Crippen LogP contribution in [0.2, 0.25) is 0 Å². The Morgan fingerprint density at radius 1 is 1.25 bits per heavy atom. The van der Waals surface area contributed by atoms with Crippen LogP contribution < -0.4 is 0 Å². The summed E-state index contributed by atoms with van der Waals surface area (Å²) in [5, 5.41) is 8.46. The van der Waals surface area contributed by atoms with E-state index >= 15 is 0 Å². The first-order chi connectivity index (χ1) is 5.90. The van der Waals surface area contributed by atoms with Gasteiger partial charge in [-0.2, -0.15) is 10.2 Å². The minimum absolute atomic E-state index is 0.776. The summed E-state index contributed by atoms with van der Waals surface area (Å²) in [6, 6.07) is 0. The summed E-state index contributed by atoms with van der Waals surface area (Å²) in [4.78, 5) is 0. The van der Waals surface area contributed by atoms with Crippen LogP contribution in [-0.2, 0) is 0 Å². The molecule has 0 N–H and O–H groups in total. The fourth-order valence-corrected chi connectivity index (χ4v) is 2.10. The highest BCUT2D eigenvalue weighted by Crippen LogP contribution is 2.29. The predicted octanol–water partition coefficient (Wildman–Crippen LogP) is 2.79. The van der Waals surface area contributed by atoms with E-state index in [-0.39, 0.29) is 0 Å². The maximum atomic E-state index is 4.27. The first-order valence-electron chi connectivity index (χ1n) is 5.02. The van der Waals surface area contributed by atoms with Crippen LogP contribution >= 0.6 is 0 Å². The molecule has 12 heavy (non-hydrogen) atoms. The molecular weight excluding hydrogens is 148 g/mol. The van der Waals surface area contributed by atoms with Crippen LogP contribution in [0.3, 0.4) is 0 Å². The van der Waals surface area contributed by atoms with Crippen molar-refractivity contribution in [2.45, 2.75) is 45.4 Å². The zero-order valence-corrected chi connectivity index (χ0v) is 7.71. The van der Waals surface area contributed by atoms with Gasteiger partial charge in [0.15, 0.2) is 0 Å². The Morgan fingerprint density at radius 2 is 2.00 bits per heavy atom. The fourth-order valence-electron chi connectivity index (χ4n) is 2.10. The van der Waals surface area contributed by atoms with E-state index in [1.54, 1.807) is 0 Å². The van der Waals surface area contributed by atoms with Gasteiger partial charge in [0.1, 0.15) is 0 Å². The van der Waals surface area contributed by atoms with Crippen LogP contribution in [0.5, 0.6) is 0 Å². The topological polar surface area (TPSA) is 24.7 Å². The number of hydrogen-bond acceptors (Lipinski definition) is 2. The Hall–Kier alpha value is -0.660. The summed E-state index contributed by atoms with van der Waals surface area (Å²) in [6.07, 6.45) is 7.63. The van der Waals surface area contributed by atoms with E-state index in [4.69, 9.17) is 0 Å². The first-order valence-corrected chi connectivity index (χ1v) is 5.02. The third-order valence-corrected chi connectivity index (χ3v) is 2.94. The molecule has 0 radical (unpaired) electrons. The standard InChI is InChI=1S/C10H16N2/c1-2-9-7-10(12-11-9)8-5-3-4-6-8/h8H,2-7H2,1H3. The molecule has 0 aromatic heterocycles. The molecular formula is C10H16N2. The van der Waals surface area contributed by atoms with Gasteiger partial charge in [-0.1, -0.05) is 19.8 Å². The van der Waals surface area contributed by atoms with E-state index in [1.807, 2.05) is 0 Å². The van der Waals surface area contributed by atoms with Crippen molar-refractivity contribution < 1.29 is 0 Å². The maximum absolute atomic E-state index is 4.27. The third kappa shape index (κ3) is 1.43. The lowest BCUT2D eigenvalue weighted by Crippen LogP contribution is -2.11. The van der Waals surface area contributed by atoms with Crippen LogP contribution in [-0.4, -0.2) is 11.4 Å². The lowest BCUT2D eigenvalue weighted by Gasteiger charge is -2.06. The van der Waals surface area contributed by atoms with Gasteiger partial charge in [0.05, 0.1) is 0 Å². The summed E-state index contributed by atoms with van der Waals surface area (Å²) < 4.78 is 0. The number of rotatable bonds is 2. The summed E-state index contributed by atoms with van der Waals surface area (Å²) in [5.41, 5.74) is 2.64. The average molecular weight is 164 g/mol. The van der Waals surface area contributed by atoms with Crippen molar-refractivity contribution in [3.8, 4) is 0 Å². The summed E-state index contributed by atoms with van der Waals surface area (Å²) >= 11 is 0. The molecule has 2 nitrogen and oxygen atoms in total. The molecule has 2 heteroatoms. The normalized spacial score (nSPS) is 24.4. The van der Waals surface area contributed by atoms with Crippen LogP contribution in [0.4, 0.5) is 0 Å². The number of hydrogen-bond donors (Lipinski definition) is 0. The molecule has 0 atom stereocenters. The van der Waals surface area contributed by atoms with Crippen molar-refractivity contribution in [2.24, 2.45) is 16.1 Å². The Labute approximate surface area is 73.8 Å². The minimum atomic E-state index is 0.776. The van der Waals surface area contributed by atoms with E-state index in [9.17, 15) is 0 Å². The lowest BCUT2D eigenvalue weighted by atomic mass is 9.97. The van der Waals surface area contributed by atoms with Gasteiger partial charge in [-0.3, -0.25) is 0 Å². The van der Waals surface area contributed by atoms with Crippen molar-refractivity contribution >= 4 is 11.4 Å². The van der Waals surface area contributed by atoms with Gasteiger partial charge in [-0.15, -0.1) is 0 Å². The Kier molecular flexibility index (Phi) is 2.24. The van der Waals surface area contributed by atoms with Crippen molar-refractivity contribution in [3.05, 3.63) is 0 Å². The van der Waals surface area contributed by atoms with Crippen LogP contribution in [0.25, 0.3) is 0 Å². The predicted molar refractivity (Wildman–Crippen MR) is 51.7 cm³/mol. The van der Waals surface area contributed by atoms with Gasteiger partial charge in [0, 0.05) is 17.8 Å². The second kappa shape index (κ2) is 3.38. The Morgan fingerprint density at radius 3 is 2.58 bits per heavy atom. The van der Waals surface area contributed by atoms with Crippen molar-refractivity contribution in [1.82, 2.24) is 0 Å². The maximum Gasteiger partial charge on any atom is 0.0493 e. The molecule has 0 aromatic rings. The lowest BCUT2D eigenvalue weighted by molar-refractivity contribution is 0.721. The molecule has 1 aliphatic heterocycles. The summed E-state index contributed by atoms with van der Waals surface area (Å²) in [6.45, 7) is 2.16. The number of nitrogens with zero attached hydrogens (tertiary/aromatic N) is 2. The van der Waals surface area contributed by atoms with E-state index < -0.39 is 0 Å². The van der Waals surface area contributed by atoms with Gasteiger partial charge in [-0.25, -0.2) is 0 Å². The van der Waals surface area contributed by atoms with Gasteiger partial charge >= 0.3 is 0 Å². The molecule has 2 aliphatic rings. The molecule has 1 aliphatic carbocycles. The first kappa shape index (κ1) is 7.96. The highest BCUT2D eigenvalue weighted by atomic mass is 15.2. The molecule has 1 saturated carbocycles. The Balaban J connectivity index is 1.92. The van der Waals surface area contributed by atoms with Crippen LogP contribution in [0, 0.1) is 5.92 Å². The van der Waals surface area contributed by atoms with Crippen LogP contribution in [0.15, 0.2) is 10.2 Å². The molecule has 0 bridgehead atoms. The molecule has 2 rings (SSSR count). The van der Waals surface area contributed by atoms with Gasteiger partial charge in [0.25, 0.3) is 0 Å². The molecule has 0 saturated heterocycles. The third-order valence-electron chi connectivity index (χ3n) is 2.94.